The molecule has 0 aromatic rings. The molecule has 1 aliphatic carbocycles. The molecular weight excluding hydrogens is 266 g/mol. The van der Waals surface area contributed by atoms with Gasteiger partial charge in [0.2, 0.25) is 11.8 Å². The van der Waals surface area contributed by atoms with Crippen molar-refractivity contribution < 1.29 is 9.59 Å². The van der Waals surface area contributed by atoms with E-state index in [0.717, 1.165) is 12.8 Å². The molecule has 0 radical (unpaired) electrons. The summed E-state index contributed by atoms with van der Waals surface area (Å²) in [5.41, 5.74) is 0. The Morgan fingerprint density at radius 3 is 2.29 bits per heavy atom. The molecule has 122 valence electrons. The van der Waals surface area contributed by atoms with Gasteiger partial charge < -0.3 is 15.1 Å². The molecule has 1 fully saturated rings. The molecule has 5 nitrogen and oxygen atoms in total. The van der Waals surface area contributed by atoms with Crippen LogP contribution in [0.3, 0.4) is 0 Å². The predicted molar refractivity (Wildman–Crippen MR) is 85.0 cm³/mol. The molecule has 0 heterocycles. The van der Waals surface area contributed by atoms with Gasteiger partial charge in [0.05, 0.1) is 6.54 Å². The smallest absolute Gasteiger partial charge is 0.242 e. The van der Waals surface area contributed by atoms with Crippen molar-refractivity contribution in [1.82, 2.24) is 15.1 Å². The summed E-state index contributed by atoms with van der Waals surface area (Å²) in [5, 5.41) is 3.22. The summed E-state index contributed by atoms with van der Waals surface area (Å²) in [5.74, 6) is 0.0723. The van der Waals surface area contributed by atoms with Crippen LogP contribution in [0, 0.1) is 0 Å². The van der Waals surface area contributed by atoms with Crippen molar-refractivity contribution in [3.05, 3.63) is 0 Å². The molecule has 0 aromatic heterocycles. The Labute approximate surface area is 129 Å². The summed E-state index contributed by atoms with van der Waals surface area (Å²) >= 11 is 0. The van der Waals surface area contributed by atoms with E-state index in [1.165, 1.54) is 19.3 Å². The van der Waals surface area contributed by atoms with Crippen LogP contribution in [0.2, 0.25) is 0 Å². The summed E-state index contributed by atoms with van der Waals surface area (Å²) in [6.45, 7) is 4.95. The van der Waals surface area contributed by atoms with Gasteiger partial charge in [0, 0.05) is 39.1 Å². The predicted octanol–water partition coefficient (Wildman–Crippen LogP) is 1.62. The summed E-state index contributed by atoms with van der Waals surface area (Å²) in [4.78, 5) is 27.6. The van der Waals surface area contributed by atoms with Crippen LogP contribution in [0.4, 0.5) is 0 Å². The quantitative estimate of drug-likeness (QED) is 0.777. The van der Waals surface area contributed by atoms with Crippen LogP contribution in [0.15, 0.2) is 0 Å². The zero-order valence-corrected chi connectivity index (χ0v) is 14.0. The normalized spacial score (nSPS) is 16.0. The lowest BCUT2D eigenvalue weighted by Crippen LogP contribution is -2.45. The number of carbonyl (C=O) groups excluding carboxylic acids is 2. The summed E-state index contributed by atoms with van der Waals surface area (Å²) in [6, 6.07) is 0.736. The summed E-state index contributed by atoms with van der Waals surface area (Å²) < 4.78 is 0. The molecule has 0 aliphatic heterocycles. The first-order valence-corrected chi connectivity index (χ1v) is 8.14. The number of nitrogens with one attached hydrogen (secondary N) is 1. The second-order valence-corrected chi connectivity index (χ2v) is 6.41. The van der Waals surface area contributed by atoms with Gasteiger partial charge in [-0.15, -0.1) is 0 Å². The number of rotatable bonds is 7. The summed E-state index contributed by atoms with van der Waals surface area (Å²) in [6.07, 6.45) is 6.32. The van der Waals surface area contributed by atoms with Crippen LogP contribution in [-0.4, -0.2) is 60.9 Å². The molecular formula is C16H31N3O2. The Bertz CT molecular complexity index is 338. The van der Waals surface area contributed by atoms with Gasteiger partial charge in [-0.3, -0.25) is 9.59 Å². The third kappa shape index (κ3) is 6.46. The van der Waals surface area contributed by atoms with E-state index in [1.54, 1.807) is 11.9 Å². The van der Waals surface area contributed by atoms with Gasteiger partial charge in [-0.05, 0) is 12.8 Å². The lowest BCUT2D eigenvalue weighted by Gasteiger charge is -2.32. The van der Waals surface area contributed by atoms with Crippen LogP contribution in [-0.2, 0) is 9.59 Å². The molecule has 2 amide bonds. The van der Waals surface area contributed by atoms with Gasteiger partial charge in [-0.1, -0.05) is 33.1 Å². The van der Waals surface area contributed by atoms with Crippen LogP contribution in [0.5, 0.6) is 0 Å². The van der Waals surface area contributed by atoms with Crippen molar-refractivity contribution in [1.29, 1.82) is 0 Å². The van der Waals surface area contributed by atoms with Crippen molar-refractivity contribution in [3.8, 4) is 0 Å². The van der Waals surface area contributed by atoms with E-state index in [4.69, 9.17) is 0 Å². The van der Waals surface area contributed by atoms with E-state index in [1.807, 2.05) is 11.9 Å². The van der Waals surface area contributed by atoms with Crippen LogP contribution in [0.1, 0.15) is 52.4 Å². The number of hydrogen-bond acceptors (Lipinski definition) is 3. The van der Waals surface area contributed by atoms with E-state index >= 15 is 0 Å². The SMILES string of the molecule is CC(C)NCCC(=O)N(C)CC(=O)N(C)C1CCCCC1. The number of amides is 2. The number of hydrogen-bond donors (Lipinski definition) is 1. The fourth-order valence-electron chi connectivity index (χ4n) is 2.73. The molecule has 5 heteroatoms. The average molecular weight is 297 g/mol. The van der Waals surface area contributed by atoms with Crippen molar-refractivity contribution in [2.24, 2.45) is 0 Å². The highest BCUT2D eigenvalue weighted by Gasteiger charge is 2.23. The van der Waals surface area contributed by atoms with Crippen LogP contribution >= 0.6 is 0 Å². The number of nitrogens with zero attached hydrogens (tertiary/aromatic N) is 2. The first-order chi connectivity index (χ1) is 9.91. The molecule has 21 heavy (non-hydrogen) atoms. The molecule has 0 spiro atoms. The highest BCUT2D eigenvalue weighted by Crippen LogP contribution is 2.21. The minimum Gasteiger partial charge on any atom is -0.341 e. The average Bonchev–Trinajstić information content (AvgIpc) is 2.46. The van der Waals surface area contributed by atoms with Crippen LogP contribution in [0.25, 0.3) is 0 Å². The molecule has 1 N–H and O–H groups in total. The first-order valence-electron chi connectivity index (χ1n) is 8.14. The van der Waals surface area contributed by atoms with Gasteiger partial charge in [-0.2, -0.15) is 0 Å². The fraction of sp³-hybridized carbons (Fsp3) is 0.875. The monoisotopic (exact) mass is 297 g/mol. The maximum absolute atomic E-state index is 12.3. The number of carbonyl (C=O) groups is 2. The first kappa shape index (κ1) is 18.0. The molecule has 0 unspecified atom stereocenters. The second kappa shape index (κ2) is 9.03. The van der Waals surface area contributed by atoms with Gasteiger partial charge in [0.15, 0.2) is 0 Å². The zero-order valence-electron chi connectivity index (χ0n) is 14.0. The highest BCUT2D eigenvalue weighted by molar-refractivity contribution is 5.84. The van der Waals surface area contributed by atoms with Crippen molar-refractivity contribution >= 4 is 11.8 Å². The molecule has 0 atom stereocenters. The second-order valence-electron chi connectivity index (χ2n) is 6.41. The Hall–Kier alpha value is -1.10. The van der Waals surface area contributed by atoms with Crippen LogP contribution < -0.4 is 5.32 Å². The van der Waals surface area contributed by atoms with E-state index in [0.29, 0.717) is 25.0 Å². The minimum absolute atomic E-state index is 0.0218. The topological polar surface area (TPSA) is 52.7 Å². The zero-order chi connectivity index (χ0) is 15.8. The molecule has 0 bridgehead atoms. The van der Waals surface area contributed by atoms with Gasteiger partial charge >= 0.3 is 0 Å². The molecule has 0 saturated heterocycles. The van der Waals surface area contributed by atoms with Gasteiger partial charge in [0.1, 0.15) is 0 Å². The van der Waals surface area contributed by atoms with E-state index in [9.17, 15) is 9.59 Å². The largest absolute Gasteiger partial charge is 0.341 e. The third-order valence-electron chi connectivity index (χ3n) is 4.21. The Morgan fingerprint density at radius 1 is 1.10 bits per heavy atom. The Kier molecular flexibility index (Phi) is 7.72. The minimum atomic E-state index is 0.0218. The Balaban J connectivity index is 2.32. The lowest BCUT2D eigenvalue weighted by molar-refractivity contribution is -0.140. The highest BCUT2D eigenvalue weighted by atomic mass is 16.2. The maximum atomic E-state index is 12.3. The van der Waals surface area contributed by atoms with Gasteiger partial charge in [0.25, 0.3) is 0 Å². The van der Waals surface area contributed by atoms with Crippen molar-refractivity contribution in [2.45, 2.75) is 64.5 Å². The molecule has 1 aliphatic rings. The lowest BCUT2D eigenvalue weighted by atomic mass is 9.94. The molecule has 1 rings (SSSR count). The molecule has 1 saturated carbocycles. The third-order valence-corrected chi connectivity index (χ3v) is 4.21. The van der Waals surface area contributed by atoms with E-state index in [2.05, 4.69) is 19.2 Å². The summed E-state index contributed by atoms with van der Waals surface area (Å²) in [7, 11) is 3.58. The van der Waals surface area contributed by atoms with Gasteiger partial charge in [-0.25, -0.2) is 0 Å². The van der Waals surface area contributed by atoms with E-state index in [-0.39, 0.29) is 18.4 Å². The maximum Gasteiger partial charge on any atom is 0.242 e. The van der Waals surface area contributed by atoms with E-state index < -0.39 is 0 Å². The van der Waals surface area contributed by atoms with Crippen molar-refractivity contribution in [2.75, 3.05) is 27.2 Å². The standard InChI is InChI=1S/C16H31N3O2/c1-13(2)17-11-10-15(20)18(3)12-16(21)19(4)14-8-6-5-7-9-14/h13-14,17H,5-12H2,1-4H3. The molecule has 0 aromatic carbocycles. The Morgan fingerprint density at radius 2 is 1.71 bits per heavy atom. The fourth-order valence-corrected chi connectivity index (χ4v) is 2.73. The van der Waals surface area contributed by atoms with Crippen molar-refractivity contribution in [3.63, 3.8) is 0 Å². The number of likely N-dealkylation sites (N-methyl/N-ethyl adjacent to an activating group) is 2.